The van der Waals surface area contributed by atoms with Gasteiger partial charge in [0.2, 0.25) is 0 Å². The fourth-order valence-electron chi connectivity index (χ4n) is 1.23. The Bertz CT molecular complexity index is 331. The summed E-state index contributed by atoms with van der Waals surface area (Å²) in [5, 5.41) is 3.16. The number of benzene rings is 1. The molecule has 0 saturated heterocycles. The van der Waals surface area contributed by atoms with Gasteiger partial charge in [-0.2, -0.15) is 0 Å². The highest BCUT2D eigenvalue weighted by Crippen LogP contribution is 2.17. The highest BCUT2D eigenvalue weighted by molar-refractivity contribution is 9.10. The van der Waals surface area contributed by atoms with Crippen LogP contribution in [0.1, 0.15) is 0 Å². The van der Waals surface area contributed by atoms with Crippen LogP contribution in [0.5, 0.6) is 5.75 Å². The molecule has 0 spiro atoms. The van der Waals surface area contributed by atoms with Crippen molar-refractivity contribution >= 4 is 15.9 Å². The molecule has 0 unspecified atom stereocenters. The number of nitrogens with one attached hydrogen (secondary N) is 1. The fourth-order valence-corrected chi connectivity index (χ4v) is 1.60. The molecule has 0 aliphatic rings. The van der Waals surface area contributed by atoms with Crippen molar-refractivity contribution in [2.75, 3.05) is 32.9 Å². The molecular formula is C13H18BrNO2. The summed E-state index contributed by atoms with van der Waals surface area (Å²) in [6.07, 6.45) is 1.83. The average Bonchev–Trinajstić information content (AvgIpc) is 2.33. The monoisotopic (exact) mass is 299 g/mol. The maximum absolute atomic E-state index is 5.52. The SMILES string of the molecule is C=CCNCCOCCOc1cccc(Br)c1. The van der Waals surface area contributed by atoms with E-state index in [1.807, 2.05) is 30.3 Å². The van der Waals surface area contributed by atoms with E-state index in [1.165, 1.54) is 0 Å². The van der Waals surface area contributed by atoms with Gasteiger partial charge >= 0.3 is 0 Å². The summed E-state index contributed by atoms with van der Waals surface area (Å²) in [5.41, 5.74) is 0. The van der Waals surface area contributed by atoms with Gasteiger partial charge in [-0.3, -0.25) is 0 Å². The highest BCUT2D eigenvalue weighted by Gasteiger charge is 1.94. The van der Waals surface area contributed by atoms with Crippen LogP contribution in [0.2, 0.25) is 0 Å². The van der Waals surface area contributed by atoms with E-state index in [-0.39, 0.29) is 0 Å². The fraction of sp³-hybridized carbons (Fsp3) is 0.385. The normalized spacial score (nSPS) is 10.2. The van der Waals surface area contributed by atoms with Crippen LogP contribution in [-0.4, -0.2) is 32.9 Å². The van der Waals surface area contributed by atoms with Crippen LogP contribution in [0.15, 0.2) is 41.4 Å². The average molecular weight is 300 g/mol. The van der Waals surface area contributed by atoms with Gasteiger partial charge in [0.05, 0.1) is 13.2 Å². The molecule has 1 aromatic carbocycles. The van der Waals surface area contributed by atoms with E-state index in [1.54, 1.807) is 0 Å². The van der Waals surface area contributed by atoms with E-state index in [4.69, 9.17) is 9.47 Å². The van der Waals surface area contributed by atoms with Gasteiger partial charge in [0, 0.05) is 17.6 Å². The van der Waals surface area contributed by atoms with Crippen LogP contribution >= 0.6 is 15.9 Å². The van der Waals surface area contributed by atoms with Gasteiger partial charge in [-0.1, -0.05) is 28.1 Å². The minimum atomic E-state index is 0.567. The minimum absolute atomic E-state index is 0.567. The third-order valence-corrected chi connectivity index (χ3v) is 2.50. The number of hydrogen-bond acceptors (Lipinski definition) is 3. The summed E-state index contributed by atoms with van der Waals surface area (Å²) >= 11 is 3.39. The Morgan fingerprint density at radius 1 is 1.29 bits per heavy atom. The lowest BCUT2D eigenvalue weighted by atomic mass is 10.3. The van der Waals surface area contributed by atoms with Crippen LogP contribution in [0, 0.1) is 0 Å². The number of rotatable bonds is 9. The van der Waals surface area contributed by atoms with Crippen LogP contribution in [0.3, 0.4) is 0 Å². The Hall–Kier alpha value is -0.840. The zero-order valence-corrected chi connectivity index (χ0v) is 11.4. The summed E-state index contributed by atoms with van der Waals surface area (Å²) in [6.45, 7) is 7.13. The molecule has 1 N–H and O–H groups in total. The molecule has 4 heteroatoms. The van der Waals surface area contributed by atoms with Crippen molar-refractivity contribution in [2.24, 2.45) is 0 Å². The molecule has 0 bridgehead atoms. The largest absolute Gasteiger partial charge is 0.491 e. The zero-order valence-electron chi connectivity index (χ0n) is 9.82. The van der Waals surface area contributed by atoms with Crippen LogP contribution in [0.25, 0.3) is 0 Å². The molecule has 0 fully saturated rings. The molecule has 0 amide bonds. The number of halogens is 1. The molecule has 0 atom stereocenters. The molecule has 17 heavy (non-hydrogen) atoms. The lowest BCUT2D eigenvalue weighted by Gasteiger charge is -2.07. The molecule has 3 nitrogen and oxygen atoms in total. The van der Waals surface area contributed by atoms with E-state index in [0.717, 1.165) is 23.3 Å². The van der Waals surface area contributed by atoms with Crippen molar-refractivity contribution in [2.45, 2.75) is 0 Å². The first-order chi connectivity index (χ1) is 8.33. The summed E-state index contributed by atoms with van der Waals surface area (Å²) in [6, 6.07) is 7.77. The van der Waals surface area contributed by atoms with Gasteiger partial charge < -0.3 is 14.8 Å². The summed E-state index contributed by atoms with van der Waals surface area (Å²) < 4.78 is 11.9. The van der Waals surface area contributed by atoms with Gasteiger partial charge in [0.15, 0.2) is 0 Å². The molecule has 0 aromatic heterocycles. The van der Waals surface area contributed by atoms with Gasteiger partial charge in [-0.15, -0.1) is 6.58 Å². The molecule has 1 aromatic rings. The first-order valence-electron chi connectivity index (χ1n) is 5.60. The topological polar surface area (TPSA) is 30.5 Å². The van der Waals surface area contributed by atoms with Crippen molar-refractivity contribution < 1.29 is 9.47 Å². The molecule has 0 aliphatic carbocycles. The quantitative estimate of drug-likeness (QED) is 0.562. The predicted molar refractivity (Wildman–Crippen MR) is 73.5 cm³/mol. The highest BCUT2D eigenvalue weighted by atomic mass is 79.9. The van der Waals surface area contributed by atoms with Gasteiger partial charge in [-0.25, -0.2) is 0 Å². The molecule has 0 saturated carbocycles. The summed E-state index contributed by atoms with van der Waals surface area (Å²) in [5.74, 6) is 0.854. The lowest BCUT2D eigenvalue weighted by molar-refractivity contribution is 0.102. The second-order valence-electron chi connectivity index (χ2n) is 3.41. The van der Waals surface area contributed by atoms with E-state index in [9.17, 15) is 0 Å². The van der Waals surface area contributed by atoms with Gasteiger partial charge in [0.25, 0.3) is 0 Å². The third kappa shape index (κ3) is 7.15. The van der Waals surface area contributed by atoms with E-state index in [0.29, 0.717) is 19.8 Å². The van der Waals surface area contributed by atoms with Crippen molar-refractivity contribution in [3.05, 3.63) is 41.4 Å². The van der Waals surface area contributed by atoms with Crippen molar-refractivity contribution in [1.82, 2.24) is 5.32 Å². The van der Waals surface area contributed by atoms with Gasteiger partial charge in [0.1, 0.15) is 12.4 Å². The predicted octanol–water partition coefficient (Wildman–Crippen LogP) is 2.62. The lowest BCUT2D eigenvalue weighted by Crippen LogP contribution is -2.20. The zero-order chi connectivity index (χ0) is 12.3. The first kappa shape index (κ1) is 14.2. The second kappa shape index (κ2) is 9.22. The Morgan fingerprint density at radius 3 is 2.94 bits per heavy atom. The van der Waals surface area contributed by atoms with E-state index < -0.39 is 0 Å². The maximum atomic E-state index is 5.52. The Balaban J connectivity index is 1.99. The van der Waals surface area contributed by atoms with Crippen molar-refractivity contribution in [3.8, 4) is 5.75 Å². The summed E-state index contributed by atoms with van der Waals surface area (Å²) in [7, 11) is 0. The Labute approximate surface area is 111 Å². The molecule has 0 radical (unpaired) electrons. The van der Waals surface area contributed by atoms with Crippen LogP contribution < -0.4 is 10.1 Å². The minimum Gasteiger partial charge on any atom is -0.491 e. The molecule has 94 valence electrons. The first-order valence-corrected chi connectivity index (χ1v) is 6.40. The molecular weight excluding hydrogens is 282 g/mol. The molecule has 1 rings (SSSR count). The van der Waals surface area contributed by atoms with Crippen LogP contribution in [0.4, 0.5) is 0 Å². The second-order valence-corrected chi connectivity index (χ2v) is 4.33. The molecule has 0 aliphatic heterocycles. The van der Waals surface area contributed by atoms with E-state index >= 15 is 0 Å². The smallest absolute Gasteiger partial charge is 0.120 e. The van der Waals surface area contributed by atoms with Crippen molar-refractivity contribution in [1.29, 1.82) is 0 Å². The van der Waals surface area contributed by atoms with Crippen LogP contribution in [-0.2, 0) is 4.74 Å². The number of hydrogen-bond donors (Lipinski definition) is 1. The molecule has 0 heterocycles. The van der Waals surface area contributed by atoms with Gasteiger partial charge in [-0.05, 0) is 18.2 Å². The van der Waals surface area contributed by atoms with Crippen molar-refractivity contribution in [3.63, 3.8) is 0 Å². The van der Waals surface area contributed by atoms with E-state index in [2.05, 4.69) is 27.8 Å². The third-order valence-electron chi connectivity index (χ3n) is 2.00. The standard InChI is InChI=1S/C13H18BrNO2/c1-2-6-15-7-8-16-9-10-17-13-5-3-4-12(14)11-13/h2-5,11,15H,1,6-10H2. The Kier molecular flexibility index (Phi) is 7.71. The number of ether oxygens (including phenoxy) is 2. The Morgan fingerprint density at radius 2 is 2.18 bits per heavy atom. The summed E-state index contributed by atoms with van der Waals surface area (Å²) in [4.78, 5) is 0. The maximum Gasteiger partial charge on any atom is 0.120 e.